The molecule has 8 nitrogen and oxygen atoms in total. The van der Waals surface area contributed by atoms with Crippen molar-refractivity contribution in [1.29, 1.82) is 0 Å². The maximum atomic E-state index is 12.6. The number of hydrogen-bond acceptors (Lipinski definition) is 5. The van der Waals surface area contributed by atoms with E-state index in [2.05, 4.69) is 10.0 Å². The van der Waals surface area contributed by atoms with E-state index in [0.29, 0.717) is 29.4 Å². The van der Waals surface area contributed by atoms with E-state index < -0.39 is 10.0 Å². The van der Waals surface area contributed by atoms with Gasteiger partial charge in [-0.1, -0.05) is 11.6 Å². The molecule has 0 saturated heterocycles. The van der Waals surface area contributed by atoms with Crippen LogP contribution in [0.1, 0.15) is 18.9 Å². The van der Waals surface area contributed by atoms with Crippen LogP contribution >= 0.6 is 11.6 Å². The summed E-state index contributed by atoms with van der Waals surface area (Å²) in [5.41, 5.74) is 1.95. The summed E-state index contributed by atoms with van der Waals surface area (Å²) in [7, 11) is -2.32. The zero-order valence-corrected chi connectivity index (χ0v) is 18.1. The van der Waals surface area contributed by atoms with Crippen LogP contribution < -0.4 is 19.7 Å². The summed E-state index contributed by atoms with van der Waals surface area (Å²) in [4.78, 5) is 25.5. The van der Waals surface area contributed by atoms with Gasteiger partial charge in [0, 0.05) is 37.1 Å². The number of hydrogen-bond donors (Lipinski definition) is 2. The lowest BCUT2D eigenvalue weighted by Gasteiger charge is -2.15. The summed E-state index contributed by atoms with van der Waals surface area (Å²) in [6.07, 6.45) is 0.528. The van der Waals surface area contributed by atoms with Crippen LogP contribution in [0.5, 0.6) is 5.75 Å². The molecular weight excluding hydrogens is 430 g/mol. The highest BCUT2D eigenvalue weighted by Gasteiger charge is 2.24. The van der Waals surface area contributed by atoms with Crippen LogP contribution in [-0.4, -0.2) is 40.4 Å². The van der Waals surface area contributed by atoms with Gasteiger partial charge < -0.3 is 15.0 Å². The summed E-state index contributed by atoms with van der Waals surface area (Å²) in [5, 5.41) is 3.09. The molecule has 3 rings (SSSR count). The van der Waals surface area contributed by atoms with E-state index in [1.54, 1.807) is 35.2 Å². The van der Waals surface area contributed by atoms with Crippen molar-refractivity contribution in [2.75, 3.05) is 30.4 Å². The third kappa shape index (κ3) is 4.92. The van der Waals surface area contributed by atoms with Gasteiger partial charge in [-0.15, -0.1) is 0 Å². The SMILES string of the molecule is COc1ccc(Cl)cc1NC(=O)CCNS(=O)(=O)c1ccc2c(c1)CCN2C(C)=O. The van der Waals surface area contributed by atoms with Crippen molar-refractivity contribution in [3.63, 3.8) is 0 Å². The lowest BCUT2D eigenvalue weighted by Crippen LogP contribution is -2.28. The van der Waals surface area contributed by atoms with Gasteiger partial charge in [0.1, 0.15) is 5.75 Å². The molecule has 0 saturated carbocycles. The van der Waals surface area contributed by atoms with E-state index >= 15 is 0 Å². The van der Waals surface area contributed by atoms with E-state index in [1.165, 1.54) is 20.1 Å². The summed E-state index contributed by atoms with van der Waals surface area (Å²) < 4.78 is 32.7. The highest BCUT2D eigenvalue weighted by atomic mass is 35.5. The molecular formula is C20H22ClN3O5S. The topological polar surface area (TPSA) is 105 Å². The van der Waals surface area contributed by atoms with Gasteiger partial charge in [-0.05, 0) is 48.4 Å². The van der Waals surface area contributed by atoms with Gasteiger partial charge in [-0.25, -0.2) is 13.1 Å². The van der Waals surface area contributed by atoms with Crippen LogP contribution in [0.2, 0.25) is 5.02 Å². The maximum Gasteiger partial charge on any atom is 0.240 e. The molecule has 0 spiro atoms. The van der Waals surface area contributed by atoms with Crippen molar-refractivity contribution < 1.29 is 22.7 Å². The van der Waals surface area contributed by atoms with Gasteiger partial charge in [-0.2, -0.15) is 0 Å². The number of methoxy groups -OCH3 is 1. The Kier molecular flexibility index (Phi) is 6.64. The van der Waals surface area contributed by atoms with Crippen LogP contribution in [-0.2, 0) is 26.0 Å². The van der Waals surface area contributed by atoms with Crippen molar-refractivity contribution >= 4 is 44.8 Å². The predicted molar refractivity (Wildman–Crippen MR) is 115 cm³/mol. The van der Waals surface area contributed by atoms with E-state index in [9.17, 15) is 18.0 Å². The van der Waals surface area contributed by atoms with Crippen LogP contribution in [0.4, 0.5) is 11.4 Å². The molecule has 0 atom stereocenters. The quantitative estimate of drug-likeness (QED) is 0.673. The van der Waals surface area contributed by atoms with Crippen molar-refractivity contribution in [1.82, 2.24) is 4.72 Å². The molecule has 0 bridgehead atoms. The maximum absolute atomic E-state index is 12.6. The number of carbonyl (C=O) groups is 2. The normalized spacial score (nSPS) is 13.1. The molecule has 10 heteroatoms. The number of rotatable bonds is 7. The van der Waals surface area contributed by atoms with Gasteiger partial charge in [-0.3, -0.25) is 9.59 Å². The minimum absolute atomic E-state index is 0.0715. The molecule has 0 fully saturated rings. The molecule has 1 heterocycles. The Balaban J connectivity index is 1.60. The van der Waals surface area contributed by atoms with Crippen LogP contribution in [0.15, 0.2) is 41.3 Å². The minimum Gasteiger partial charge on any atom is -0.495 e. The molecule has 0 radical (unpaired) electrons. The Morgan fingerprint density at radius 3 is 2.67 bits per heavy atom. The van der Waals surface area contributed by atoms with E-state index in [1.807, 2.05) is 0 Å². The first-order valence-electron chi connectivity index (χ1n) is 9.25. The fourth-order valence-corrected chi connectivity index (χ4v) is 4.50. The Morgan fingerprint density at radius 2 is 1.97 bits per heavy atom. The molecule has 1 aliphatic heterocycles. The van der Waals surface area contributed by atoms with Crippen molar-refractivity contribution in [3.05, 3.63) is 47.0 Å². The smallest absolute Gasteiger partial charge is 0.240 e. The standard InChI is InChI=1S/C20H22ClN3O5S/c1-13(25)24-10-8-14-11-16(4-5-18(14)24)30(27,28)22-9-7-20(26)23-17-12-15(21)3-6-19(17)29-2/h3-6,11-12,22H,7-10H2,1-2H3,(H,23,26). The van der Waals surface area contributed by atoms with Gasteiger partial charge in [0.2, 0.25) is 21.8 Å². The van der Waals surface area contributed by atoms with E-state index in [-0.39, 0.29) is 29.7 Å². The zero-order valence-electron chi connectivity index (χ0n) is 16.6. The van der Waals surface area contributed by atoms with Crippen molar-refractivity contribution in [3.8, 4) is 5.75 Å². The van der Waals surface area contributed by atoms with E-state index in [4.69, 9.17) is 16.3 Å². The zero-order chi connectivity index (χ0) is 21.9. The lowest BCUT2D eigenvalue weighted by atomic mass is 10.2. The van der Waals surface area contributed by atoms with Crippen molar-refractivity contribution in [2.24, 2.45) is 0 Å². The second kappa shape index (κ2) is 9.03. The molecule has 0 unspecified atom stereocenters. The van der Waals surface area contributed by atoms with Gasteiger partial charge >= 0.3 is 0 Å². The molecule has 2 amide bonds. The first kappa shape index (κ1) is 22.1. The van der Waals surface area contributed by atoms with Gasteiger partial charge in [0.15, 0.2) is 0 Å². The fraction of sp³-hybridized carbons (Fsp3) is 0.300. The molecule has 2 N–H and O–H groups in total. The summed E-state index contributed by atoms with van der Waals surface area (Å²) in [5.74, 6) is -0.0137. The average Bonchev–Trinajstić information content (AvgIpc) is 3.11. The molecule has 160 valence electrons. The van der Waals surface area contributed by atoms with Crippen molar-refractivity contribution in [2.45, 2.75) is 24.7 Å². The number of ether oxygens (including phenoxy) is 1. The largest absolute Gasteiger partial charge is 0.495 e. The Hall–Kier alpha value is -2.62. The summed E-state index contributed by atoms with van der Waals surface area (Å²) in [6.45, 7) is 1.94. The summed E-state index contributed by atoms with van der Waals surface area (Å²) >= 11 is 5.94. The number of halogens is 1. The van der Waals surface area contributed by atoms with Crippen LogP contribution in [0.25, 0.3) is 0 Å². The highest BCUT2D eigenvalue weighted by Crippen LogP contribution is 2.30. The molecule has 0 aliphatic carbocycles. The summed E-state index contributed by atoms with van der Waals surface area (Å²) in [6, 6.07) is 9.47. The van der Waals surface area contributed by atoms with Gasteiger partial charge in [0.05, 0.1) is 17.7 Å². The fourth-order valence-electron chi connectivity index (χ4n) is 3.25. The van der Waals surface area contributed by atoms with Gasteiger partial charge in [0.25, 0.3) is 0 Å². The molecule has 1 aliphatic rings. The number of nitrogens with one attached hydrogen (secondary N) is 2. The predicted octanol–water partition coefficient (Wildman–Crippen LogP) is 2.56. The number of sulfonamides is 1. The number of anilines is 2. The second-order valence-electron chi connectivity index (χ2n) is 6.75. The highest BCUT2D eigenvalue weighted by molar-refractivity contribution is 7.89. The number of fused-ring (bicyclic) bond motifs is 1. The first-order chi connectivity index (χ1) is 14.2. The first-order valence-corrected chi connectivity index (χ1v) is 11.1. The third-order valence-corrected chi connectivity index (χ3v) is 6.41. The number of amides is 2. The number of benzene rings is 2. The Morgan fingerprint density at radius 1 is 1.20 bits per heavy atom. The number of carbonyl (C=O) groups excluding carboxylic acids is 2. The molecule has 30 heavy (non-hydrogen) atoms. The number of nitrogens with zero attached hydrogens (tertiary/aromatic N) is 1. The molecule has 2 aromatic carbocycles. The van der Waals surface area contributed by atoms with Crippen LogP contribution in [0, 0.1) is 0 Å². The molecule has 2 aromatic rings. The Labute approximate surface area is 180 Å². The lowest BCUT2D eigenvalue weighted by molar-refractivity contribution is -0.117. The third-order valence-electron chi connectivity index (χ3n) is 4.72. The molecule has 0 aromatic heterocycles. The minimum atomic E-state index is -3.79. The van der Waals surface area contributed by atoms with Crippen LogP contribution in [0.3, 0.4) is 0 Å². The Bertz CT molecular complexity index is 1090. The average molecular weight is 452 g/mol. The second-order valence-corrected chi connectivity index (χ2v) is 8.96. The monoisotopic (exact) mass is 451 g/mol. The van der Waals surface area contributed by atoms with E-state index in [0.717, 1.165) is 11.3 Å².